The molecule has 7 nitrogen and oxygen atoms in total. The number of para-hydroxylation sites is 2. The van der Waals surface area contributed by atoms with E-state index in [0.29, 0.717) is 16.6 Å². The van der Waals surface area contributed by atoms with Gasteiger partial charge in [0, 0.05) is 24.0 Å². The van der Waals surface area contributed by atoms with Gasteiger partial charge in [0.25, 0.3) is 5.91 Å². The highest BCUT2D eigenvalue weighted by Gasteiger charge is 2.21. The van der Waals surface area contributed by atoms with Crippen LogP contribution in [0.15, 0.2) is 82.8 Å². The molecule has 0 aliphatic carbocycles. The molecule has 168 valence electrons. The van der Waals surface area contributed by atoms with Crippen molar-refractivity contribution in [2.75, 3.05) is 17.2 Å². The van der Waals surface area contributed by atoms with E-state index in [4.69, 9.17) is 4.42 Å². The number of aromatic nitrogens is 1. The van der Waals surface area contributed by atoms with Crippen molar-refractivity contribution < 1.29 is 18.4 Å². The zero-order valence-corrected chi connectivity index (χ0v) is 18.3. The van der Waals surface area contributed by atoms with Gasteiger partial charge >= 0.3 is 0 Å². The van der Waals surface area contributed by atoms with Crippen LogP contribution in [0.1, 0.15) is 22.7 Å². The largest absolute Gasteiger partial charge is 0.467 e. The lowest BCUT2D eigenvalue weighted by molar-refractivity contribution is -0.116. The molecule has 0 unspecified atom stereocenters. The molecule has 33 heavy (non-hydrogen) atoms. The van der Waals surface area contributed by atoms with Crippen LogP contribution in [0, 0.1) is 5.82 Å². The van der Waals surface area contributed by atoms with E-state index in [9.17, 15) is 14.0 Å². The Labute approximate surface area is 193 Å². The highest BCUT2D eigenvalue weighted by atomic mass is 32.1. The molecule has 2 amide bonds. The number of rotatable bonds is 9. The average Bonchev–Trinajstić information content (AvgIpc) is 3.51. The minimum absolute atomic E-state index is 0.103. The Bertz CT molecular complexity index is 1210. The first-order valence-electron chi connectivity index (χ1n) is 10.2. The van der Waals surface area contributed by atoms with Crippen molar-refractivity contribution >= 4 is 39.7 Å². The fraction of sp³-hybridized carbons (Fsp3) is 0.125. The third-order valence-electron chi connectivity index (χ3n) is 4.72. The van der Waals surface area contributed by atoms with E-state index in [-0.39, 0.29) is 42.7 Å². The smallest absolute Gasteiger partial charge is 0.273 e. The fourth-order valence-corrected chi connectivity index (χ4v) is 3.79. The number of benzene rings is 2. The van der Waals surface area contributed by atoms with Gasteiger partial charge in [0.05, 0.1) is 18.5 Å². The van der Waals surface area contributed by atoms with Crippen molar-refractivity contribution in [1.29, 1.82) is 0 Å². The zero-order chi connectivity index (χ0) is 23.0. The topological polar surface area (TPSA) is 87.5 Å². The van der Waals surface area contributed by atoms with E-state index in [0.717, 1.165) is 0 Å². The van der Waals surface area contributed by atoms with E-state index < -0.39 is 5.82 Å². The standard InChI is InChI=1S/C24H21FN4O3S/c25-19-10-4-5-11-20(19)27-24-28-21(16-33-24)23(31)29(15-18-9-6-14-32-18)13-12-22(30)26-17-7-2-1-3-8-17/h1-11,14,16H,12-13,15H2,(H,26,30)(H,27,28). The lowest BCUT2D eigenvalue weighted by Crippen LogP contribution is -2.33. The van der Waals surface area contributed by atoms with E-state index in [1.807, 2.05) is 18.2 Å². The summed E-state index contributed by atoms with van der Waals surface area (Å²) in [6.45, 7) is 0.365. The van der Waals surface area contributed by atoms with Gasteiger partial charge in [0.2, 0.25) is 5.91 Å². The first-order valence-corrected chi connectivity index (χ1v) is 11.1. The van der Waals surface area contributed by atoms with Gasteiger partial charge in [-0.25, -0.2) is 9.37 Å². The number of furan rings is 1. The van der Waals surface area contributed by atoms with Gasteiger partial charge in [0.1, 0.15) is 17.3 Å². The van der Waals surface area contributed by atoms with Crippen LogP contribution in [0.25, 0.3) is 0 Å². The van der Waals surface area contributed by atoms with Gasteiger partial charge < -0.3 is 20.0 Å². The third-order valence-corrected chi connectivity index (χ3v) is 5.48. The maximum Gasteiger partial charge on any atom is 0.273 e. The lowest BCUT2D eigenvalue weighted by Gasteiger charge is -2.20. The molecule has 4 aromatic rings. The number of anilines is 3. The van der Waals surface area contributed by atoms with Gasteiger partial charge in [-0.2, -0.15) is 0 Å². The fourth-order valence-electron chi connectivity index (χ4n) is 3.09. The molecule has 0 spiro atoms. The van der Waals surface area contributed by atoms with Gasteiger partial charge in [-0.05, 0) is 36.4 Å². The minimum atomic E-state index is -0.413. The van der Waals surface area contributed by atoms with Crippen molar-refractivity contribution in [2.45, 2.75) is 13.0 Å². The quantitative estimate of drug-likeness (QED) is 0.351. The summed E-state index contributed by atoms with van der Waals surface area (Å²) in [7, 11) is 0. The van der Waals surface area contributed by atoms with Crippen molar-refractivity contribution in [3.8, 4) is 0 Å². The van der Waals surface area contributed by atoms with Crippen molar-refractivity contribution in [1.82, 2.24) is 9.88 Å². The van der Waals surface area contributed by atoms with Crippen molar-refractivity contribution in [3.63, 3.8) is 0 Å². The summed E-state index contributed by atoms with van der Waals surface area (Å²) >= 11 is 1.19. The summed E-state index contributed by atoms with van der Waals surface area (Å²) in [5.41, 5.74) is 1.17. The molecule has 2 heterocycles. The van der Waals surface area contributed by atoms with Crippen LogP contribution in [0.4, 0.5) is 20.9 Å². The number of nitrogens with zero attached hydrogens (tertiary/aromatic N) is 2. The molecule has 0 radical (unpaired) electrons. The number of carbonyl (C=O) groups excluding carboxylic acids is 2. The number of thiazole rings is 1. The van der Waals surface area contributed by atoms with Crippen LogP contribution in [0.3, 0.4) is 0 Å². The number of carbonyl (C=O) groups is 2. The van der Waals surface area contributed by atoms with Crippen LogP contribution in [0.5, 0.6) is 0 Å². The van der Waals surface area contributed by atoms with Crippen molar-refractivity contribution in [3.05, 3.63) is 95.6 Å². The molecule has 9 heteroatoms. The monoisotopic (exact) mass is 464 g/mol. The summed E-state index contributed by atoms with van der Waals surface area (Å²) < 4.78 is 19.3. The zero-order valence-electron chi connectivity index (χ0n) is 17.5. The first-order chi connectivity index (χ1) is 16.1. The Kier molecular flexibility index (Phi) is 7.11. The molecule has 4 rings (SSSR count). The molecule has 0 saturated carbocycles. The molecular formula is C24H21FN4O3S. The maximum absolute atomic E-state index is 13.9. The predicted molar refractivity (Wildman–Crippen MR) is 125 cm³/mol. The summed E-state index contributed by atoms with van der Waals surface area (Å²) in [6, 6.07) is 18.8. The predicted octanol–water partition coefficient (Wildman–Crippen LogP) is 5.29. The SMILES string of the molecule is O=C(CCN(Cc1ccco1)C(=O)c1csc(Nc2ccccc2F)n1)Nc1ccccc1. The minimum Gasteiger partial charge on any atom is -0.467 e. The number of nitrogens with one attached hydrogen (secondary N) is 2. The Morgan fingerprint density at radius 1 is 1.03 bits per heavy atom. The van der Waals surface area contributed by atoms with Crippen LogP contribution in [-0.4, -0.2) is 28.2 Å². The Balaban J connectivity index is 1.44. The van der Waals surface area contributed by atoms with Crippen LogP contribution in [-0.2, 0) is 11.3 Å². The molecule has 2 aromatic carbocycles. The van der Waals surface area contributed by atoms with Gasteiger partial charge in [-0.1, -0.05) is 30.3 Å². The normalized spacial score (nSPS) is 10.6. The molecule has 0 aliphatic heterocycles. The van der Waals surface area contributed by atoms with Gasteiger partial charge in [-0.3, -0.25) is 9.59 Å². The lowest BCUT2D eigenvalue weighted by atomic mass is 10.2. The molecule has 2 N–H and O–H groups in total. The molecule has 0 fully saturated rings. The molecule has 0 saturated heterocycles. The van der Waals surface area contributed by atoms with Gasteiger partial charge in [0.15, 0.2) is 5.13 Å². The van der Waals surface area contributed by atoms with Crippen LogP contribution >= 0.6 is 11.3 Å². The van der Waals surface area contributed by atoms with E-state index in [1.165, 1.54) is 28.6 Å². The number of halogens is 1. The van der Waals surface area contributed by atoms with Gasteiger partial charge in [-0.15, -0.1) is 11.3 Å². The Hall–Kier alpha value is -3.98. The van der Waals surface area contributed by atoms with E-state index in [1.54, 1.807) is 47.8 Å². The first kappa shape index (κ1) is 22.2. The highest BCUT2D eigenvalue weighted by molar-refractivity contribution is 7.14. The van der Waals surface area contributed by atoms with Crippen LogP contribution < -0.4 is 10.6 Å². The average molecular weight is 465 g/mol. The number of amides is 2. The summed E-state index contributed by atoms with van der Waals surface area (Å²) in [5.74, 6) is -0.383. The van der Waals surface area contributed by atoms with E-state index in [2.05, 4.69) is 15.6 Å². The summed E-state index contributed by atoms with van der Waals surface area (Å²) in [4.78, 5) is 31.4. The van der Waals surface area contributed by atoms with Crippen LogP contribution in [0.2, 0.25) is 0 Å². The Morgan fingerprint density at radius 3 is 2.58 bits per heavy atom. The second-order valence-electron chi connectivity index (χ2n) is 7.11. The second-order valence-corrected chi connectivity index (χ2v) is 7.97. The second kappa shape index (κ2) is 10.6. The number of hydrogen-bond acceptors (Lipinski definition) is 6. The molecule has 0 atom stereocenters. The summed E-state index contributed by atoms with van der Waals surface area (Å²) in [5, 5.41) is 7.69. The van der Waals surface area contributed by atoms with Crippen molar-refractivity contribution in [2.24, 2.45) is 0 Å². The molecular weight excluding hydrogens is 443 g/mol. The highest BCUT2D eigenvalue weighted by Crippen LogP contribution is 2.24. The molecule has 0 bridgehead atoms. The summed E-state index contributed by atoms with van der Waals surface area (Å²) in [6.07, 6.45) is 1.63. The third kappa shape index (κ3) is 6.05. The molecule has 0 aliphatic rings. The number of hydrogen-bond donors (Lipinski definition) is 2. The molecule has 2 aromatic heterocycles. The Morgan fingerprint density at radius 2 is 1.82 bits per heavy atom. The maximum atomic E-state index is 13.9. The van der Waals surface area contributed by atoms with E-state index >= 15 is 0 Å².